The lowest BCUT2D eigenvalue weighted by Gasteiger charge is -2.05. The first kappa shape index (κ1) is 19.3. The standard InChI is InChI=1S/C19H22N6O3/c1-14-6-3-4-7-16(14)12-23-13-17(11-20-23)21-19(26)8-5-9-24-15(2)10-18(22-24)25(27)28/h3-4,6-7,10-11,13H,5,8-9,12H2,1-2H3,(H,21,26). The number of nitrogens with zero attached hydrogens (tertiary/aromatic N) is 5. The fourth-order valence-electron chi connectivity index (χ4n) is 2.90. The third-order valence-corrected chi connectivity index (χ3v) is 4.44. The molecular weight excluding hydrogens is 360 g/mol. The lowest BCUT2D eigenvalue weighted by atomic mass is 10.1. The number of carbonyl (C=O) groups is 1. The van der Waals surface area contributed by atoms with Crippen molar-refractivity contribution in [2.75, 3.05) is 5.32 Å². The zero-order chi connectivity index (χ0) is 20.1. The van der Waals surface area contributed by atoms with Crippen molar-refractivity contribution in [3.05, 3.63) is 69.7 Å². The number of carbonyl (C=O) groups excluding carboxylic acids is 1. The third-order valence-electron chi connectivity index (χ3n) is 4.44. The van der Waals surface area contributed by atoms with Crippen LogP contribution in [0.4, 0.5) is 11.5 Å². The minimum Gasteiger partial charge on any atom is -0.358 e. The molecule has 2 heterocycles. The van der Waals surface area contributed by atoms with E-state index in [-0.39, 0.29) is 18.1 Å². The monoisotopic (exact) mass is 382 g/mol. The highest BCUT2D eigenvalue weighted by Gasteiger charge is 2.15. The quantitative estimate of drug-likeness (QED) is 0.476. The Morgan fingerprint density at radius 1 is 1.29 bits per heavy atom. The van der Waals surface area contributed by atoms with Gasteiger partial charge in [-0.25, -0.2) is 0 Å². The summed E-state index contributed by atoms with van der Waals surface area (Å²) in [5.41, 5.74) is 3.71. The molecule has 1 N–H and O–H groups in total. The predicted octanol–water partition coefficient (Wildman–Crippen LogP) is 3.07. The van der Waals surface area contributed by atoms with Crippen LogP contribution in [-0.4, -0.2) is 30.4 Å². The molecule has 0 radical (unpaired) electrons. The van der Waals surface area contributed by atoms with Crippen LogP contribution in [0.1, 0.15) is 29.7 Å². The van der Waals surface area contributed by atoms with Gasteiger partial charge in [0.05, 0.1) is 41.8 Å². The van der Waals surface area contributed by atoms with Crippen LogP contribution in [0, 0.1) is 24.0 Å². The largest absolute Gasteiger partial charge is 0.390 e. The number of nitro groups is 1. The Balaban J connectivity index is 1.48. The maximum atomic E-state index is 12.1. The molecule has 146 valence electrons. The van der Waals surface area contributed by atoms with Crippen LogP contribution >= 0.6 is 0 Å². The number of hydrogen-bond donors (Lipinski definition) is 1. The molecule has 0 unspecified atom stereocenters. The minimum absolute atomic E-state index is 0.130. The fraction of sp³-hybridized carbons (Fsp3) is 0.316. The molecule has 1 aromatic carbocycles. The molecule has 0 aliphatic rings. The van der Waals surface area contributed by atoms with E-state index in [1.54, 1.807) is 28.7 Å². The van der Waals surface area contributed by atoms with Gasteiger partial charge in [0.2, 0.25) is 5.91 Å². The molecule has 0 fully saturated rings. The average molecular weight is 382 g/mol. The summed E-state index contributed by atoms with van der Waals surface area (Å²) in [7, 11) is 0. The van der Waals surface area contributed by atoms with E-state index in [1.807, 2.05) is 12.1 Å². The molecule has 0 aliphatic carbocycles. The highest BCUT2D eigenvalue weighted by molar-refractivity contribution is 5.90. The van der Waals surface area contributed by atoms with E-state index >= 15 is 0 Å². The van der Waals surface area contributed by atoms with Gasteiger partial charge in [-0.2, -0.15) is 9.78 Å². The molecule has 0 aliphatic heterocycles. The van der Waals surface area contributed by atoms with Gasteiger partial charge in [0.15, 0.2) is 0 Å². The van der Waals surface area contributed by atoms with Crippen molar-refractivity contribution in [1.29, 1.82) is 0 Å². The van der Waals surface area contributed by atoms with Crippen molar-refractivity contribution in [3.63, 3.8) is 0 Å². The normalized spacial score (nSPS) is 10.8. The van der Waals surface area contributed by atoms with Crippen LogP contribution in [-0.2, 0) is 17.9 Å². The molecule has 3 rings (SSSR count). The number of aromatic nitrogens is 4. The van der Waals surface area contributed by atoms with Gasteiger partial charge in [-0.05, 0) is 36.3 Å². The molecule has 9 heteroatoms. The van der Waals surface area contributed by atoms with Gasteiger partial charge < -0.3 is 15.4 Å². The number of rotatable bonds is 8. The van der Waals surface area contributed by atoms with Crippen molar-refractivity contribution in [2.24, 2.45) is 0 Å². The zero-order valence-corrected chi connectivity index (χ0v) is 15.8. The van der Waals surface area contributed by atoms with Crippen molar-refractivity contribution in [2.45, 2.75) is 39.8 Å². The van der Waals surface area contributed by atoms with Crippen LogP contribution < -0.4 is 5.32 Å². The zero-order valence-electron chi connectivity index (χ0n) is 15.8. The van der Waals surface area contributed by atoms with Crippen LogP contribution in [0.3, 0.4) is 0 Å². The van der Waals surface area contributed by atoms with E-state index in [0.717, 1.165) is 0 Å². The molecule has 1 amide bonds. The summed E-state index contributed by atoms with van der Waals surface area (Å²) in [6, 6.07) is 9.51. The Bertz CT molecular complexity index is 991. The minimum atomic E-state index is -0.523. The van der Waals surface area contributed by atoms with Crippen LogP contribution in [0.25, 0.3) is 0 Å². The predicted molar refractivity (Wildman–Crippen MR) is 104 cm³/mol. The average Bonchev–Trinajstić information content (AvgIpc) is 3.24. The molecule has 2 aromatic heterocycles. The molecule has 0 saturated carbocycles. The van der Waals surface area contributed by atoms with Crippen molar-refractivity contribution in [3.8, 4) is 0 Å². The van der Waals surface area contributed by atoms with Gasteiger partial charge in [-0.1, -0.05) is 24.3 Å². The lowest BCUT2D eigenvalue weighted by molar-refractivity contribution is -0.389. The van der Waals surface area contributed by atoms with Gasteiger partial charge in [-0.15, -0.1) is 0 Å². The number of nitrogens with one attached hydrogen (secondary N) is 1. The highest BCUT2D eigenvalue weighted by Crippen LogP contribution is 2.13. The lowest BCUT2D eigenvalue weighted by Crippen LogP contribution is -2.13. The SMILES string of the molecule is Cc1ccccc1Cn1cc(NC(=O)CCCn2nc([N+](=O)[O-])cc2C)cn1. The molecule has 0 bridgehead atoms. The first-order valence-electron chi connectivity index (χ1n) is 8.98. The third kappa shape index (κ3) is 4.81. The second kappa shape index (κ2) is 8.47. The van der Waals surface area contributed by atoms with E-state index in [1.165, 1.54) is 17.2 Å². The maximum Gasteiger partial charge on any atom is 0.390 e. The molecule has 0 spiro atoms. The second-order valence-corrected chi connectivity index (χ2v) is 6.63. The number of aryl methyl sites for hydroxylation is 3. The Labute approximate surface area is 162 Å². The van der Waals surface area contributed by atoms with Crippen molar-refractivity contribution >= 4 is 17.4 Å². The maximum absolute atomic E-state index is 12.1. The Morgan fingerprint density at radius 2 is 2.07 bits per heavy atom. The summed E-state index contributed by atoms with van der Waals surface area (Å²) in [4.78, 5) is 22.4. The fourth-order valence-corrected chi connectivity index (χ4v) is 2.90. The molecule has 28 heavy (non-hydrogen) atoms. The Morgan fingerprint density at radius 3 is 2.79 bits per heavy atom. The van der Waals surface area contributed by atoms with Gasteiger partial charge in [0.1, 0.15) is 0 Å². The van der Waals surface area contributed by atoms with E-state index < -0.39 is 4.92 Å². The van der Waals surface area contributed by atoms with Gasteiger partial charge >= 0.3 is 5.82 Å². The smallest absolute Gasteiger partial charge is 0.358 e. The van der Waals surface area contributed by atoms with Crippen LogP contribution in [0.2, 0.25) is 0 Å². The van der Waals surface area contributed by atoms with Crippen molar-refractivity contribution in [1.82, 2.24) is 19.6 Å². The summed E-state index contributed by atoms with van der Waals surface area (Å²) < 4.78 is 3.33. The van der Waals surface area contributed by atoms with Crippen LogP contribution in [0.15, 0.2) is 42.7 Å². The van der Waals surface area contributed by atoms with Crippen LogP contribution in [0.5, 0.6) is 0 Å². The molecular formula is C19H22N6O3. The van der Waals surface area contributed by atoms with Gasteiger partial charge in [0, 0.05) is 12.6 Å². The number of benzene rings is 1. The highest BCUT2D eigenvalue weighted by atomic mass is 16.6. The number of anilines is 1. The molecule has 0 atom stereocenters. The van der Waals surface area contributed by atoms with Gasteiger partial charge in [-0.3, -0.25) is 9.48 Å². The molecule has 9 nitrogen and oxygen atoms in total. The van der Waals surface area contributed by atoms with Gasteiger partial charge in [0.25, 0.3) is 0 Å². The topological polar surface area (TPSA) is 108 Å². The van der Waals surface area contributed by atoms with E-state index in [0.29, 0.717) is 30.9 Å². The van der Waals surface area contributed by atoms with E-state index in [9.17, 15) is 14.9 Å². The van der Waals surface area contributed by atoms with E-state index in [2.05, 4.69) is 34.6 Å². The number of amides is 1. The summed E-state index contributed by atoms with van der Waals surface area (Å²) >= 11 is 0. The van der Waals surface area contributed by atoms with Crippen molar-refractivity contribution < 1.29 is 9.72 Å². The molecule has 0 saturated heterocycles. The van der Waals surface area contributed by atoms with E-state index in [4.69, 9.17) is 0 Å². The Kier molecular flexibility index (Phi) is 5.83. The Hall–Kier alpha value is -3.49. The second-order valence-electron chi connectivity index (χ2n) is 6.63. The summed E-state index contributed by atoms with van der Waals surface area (Å²) in [6.45, 7) is 4.89. The first-order chi connectivity index (χ1) is 13.4. The summed E-state index contributed by atoms with van der Waals surface area (Å²) in [6.07, 6.45) is 4.24. The summed E-state index contributed by atoms with van der Waals surface area (Å²) in [5, 5.41) is 21.8. The number of hydrogen-bond acceptors (Lipinski definition) is 5. The first-order valence-corrected chi connectivity index (χ1v) is 8.98. The summed E-state index contributed by atoms with van der Waals surface area (Å²) in [5.74, 6) is -0.308. The molecule has 3 aromatic rings.